The van der Waals surface area contributed by atoms with E-state index in [1.54, 1.807) is 6.07 Å². The molecule has 6 heteroatoms. The second-order valence-corrected chi connectivity index (χ2v) is 6.39. The van der Waals surface area contributed by atoms with Gasteiger partial charge in [-0.05, 0) is 54.6 Å². The summed E-state index contributed by atoms with van der Waals surface area (Å²) in [5.74, 6) is 0.291. The van der Waals surface area contributed by atoms with Crippen LogP contribution in [0.2, 0.25) is 0 Å². The van der Waals surface area contributed by atoms with Crippen LogP contribution in [0, 0.1) is 5.82 Å². The topological polar surface area (TPSA) is 44.9 Å². The van der Waals surface area contributed by atoms with Gasteiger partial charge < -0.3 is 15.5 Å². The zero-order valence-electron chi connectivity index (χ0n) is 12.0. The molecule has 20 heavy (non-hydrogen) atoms. The number of hydrogen-bond donors (Lipinski definition) is 1. The average molecular weight is 343 g/mol. The van der Waals surface area contributed by atoms with Crippen LogP contribution < -0.4 is 5.73 Å². The summed E-state index contributed by atoms with van der Waals surface area (Å²) < 4.78 is 13.9. The van der Waals surface area contributed by atoms with E-state index in [-0.39, 0.29) is 11.4 Å². The predicted molar refractivity (Wildman–Crippen MR) is 83.2 cm³/mol. The fourth-order valence-corrected chi connectivity index (χ4v) is 2.78. The molecule has 0 aliphatic carbocycles. The second-order valence-electron chi connectivity index (χ2n) is 5.53. The van der Waals surface area contributed by atoms with Crippen molar-refractivity contribution in [2.24, 2.45) is 10.7 Å². The summed E-state index contributed by atoms with van der Waals surface area (Å²) in [6.45, 7) is 4.35. The van der Waals surface area contributed by atoms with Crippen molar-refractivity contribution in [3.8, 4) is 0 Å². The first-order chi connectivity index (χ1) is 9.34. The Morgan fingerprint density at radius 1 is 1.50 bits per heavy atom. The van der Waals surface area contributed by atoms with Crippen LogP contribution in [0.3, 0.4) is 0 Å². The van der Waals surface area contributed by atoms with Crippen LogP contribution in [0.4, 0.5) is 4.39 Å². The Balaban J connectivity index is 2.29. The van der Waals surface area contributed by atoms with Gasteiger partial charge in [-0.25, -0.2) is 4.39 Å². The molecule has 4 nitrogen and oxygen atoms in total. The summed E-state index contributed by atoms with van der Waals surface area (Å²) in [7, 11) is 4.05. The summed E-state index contributed by atoms with van der Waals surface area (Å²) in [6, 6.07) is 5.09. The Bertz CT molecular complexity index is 532. The van der Waals surface area contributed by atoms with Crippen molar-refractivity contribution in [2.75, 3.05) is 33.7 Å². The van der Waals surface area contributed by atoms with E-state index < -0.39 is 0 Å². The second kappa shape index (κ2) is 5.69. The maximum atomic E-state index is 13.4. The van der Waals surface area contributed by atoms with Crippen molar-refractivity contribution in [2.45, 2.75) is 12.5 Å². The van der Waals surface area contributed by atoms with Gasteiger partial charge in [0.1, 0.15) is 5.82 Å². The minimum absolute atomic E-state index is 0.260. The van der Waals surface area contributed by atoms with Crippen molar-refractivity contribution in [1.82, 2.24) is 9.80 Å². The number of nitrogens with zero attached hydrogens (tertiary/aromatic N) is 3. The fourth-order valence-electron chi connectivity index (χ4n) is 2.40. The minimum Gasteiger partial charge on any atom is -0.370 e. The molecule has 2 N–H and O–H groups in total. The minimum atomic E-state index is -0.323. The molecule has 1 atom stereocenters. The first-order valence-electron chi connectivity index (χ1n) is 6.52. The number of aliphatic imine (C=N–C) groups is 1. The molecule has 1 aromatic carbocycles. The Hall–Kier alpha value is -1.14. The largest absolute Gasteiger partial charge is 0.370 e. The van der Waals surface area contributed by atoms with E-state index in [0.29, 0.717) is 17.0 Å². The highest BCUT2D eigenvalue weighted by Gasteiger charge is 2.39. The number of likely N-dealkylation sites (N-methyl/N-ethyl adjacent to an activating group) is 1. The van der Waals surface area contributed by atoms with Gasteiger partial charge in [0, 0.05) is 13.1 Å². The van der Waals surface area contributed by atoms with Gasteiger partial charge in [0.25, 0.3) is 0 Å². The van der Waals surface area contributed by atoms with Crippen molar-refractivity contribution >= 4 is 21.9 Å². The van der Waals surface area contributed by atoms with E-state index in [1.165, 1.54) is 6.07 Å². The van der Waals surface area contributed by atoms with Crippen LogP contribution >= 0.6 is 15.9 Å². The van der Waals surface area contributed by atoms with Gasteiger partial charge in [0.05, 0.1) is 16.6 Å². The van der Waals surface area contributed by atoms with E-state index in [2.05, 4.69) is 37.6 Å². The molecule has 1 aromatic rings. The zero-order chi connectivity index (χ0) is 14.9. The smallest absolute Gasteiger partial charge is 0.192 e. The molecule has 110 valence electrons. The molecule has 1 aliphatic rings. The van der Waals surface area contributed by atoms with Crippen LogP contribution in [0.15, 0.2) is 27.7 Å². The lowest BCUT2D eigenvalue weighted by molar-refractivity contribution is 0.205. The molecule has 0 fully saturated rings. The number of rotatable bonds is 4. The molecule has 1 aliphatic heterocycles. The highest BCUT2D eigenvalue weighted by molar-refractivity contribution is 9.10. The number of guanidine groups is 1. The quantitative estimate of drug-likeness (QED) is 0.910. The third-order valence-corrected chi connectivity index (χ3v) is 4.34. The van der Waals surface area contributed by atoms with Crippen LogP contribution in [0.25, 0.3) is 0 Å². The molecule has 0 amide bonds. The van der Waals surface area contributed by atoms with Crippen LogP contribution in [0.5, 0.6) is 0 Å². The molecular weight excluding hydrogens is 323 g/mol. The molecule has 0 saturated carbocycles. The monoisotopic (exact) mass is 342 g/mol. The lowest BCUT2D eigenvalue weighted by Crippen LogP contribution is -2.49. The third-order valence-electron chi connectivity index (χ3n) is 3.73. The molecule has 0 saturated heterocycles. The lowest BCUT2D eigenvalue weighted by Gasteiger charge is -2.37. The molecule has 0 spiro atoms. The molecular formula is C14H20BrFN4. The van der Waals surface area contributed by atoms with Crippen LogP contribution in [0.1, 0.15) is 12.5 Å². The maximum Gasteiger partial charge on any atom is 0.192 e. The summed E-state index contributed by atoms with van der Waals surface area (Å²) in [6.07, 6.45) is 0. The van der Waals surface area contributed by atoms with Gasteiger partial charge >= 0.3 is 0 Å². The summed E-state index contributed by atoms with van der Waals surface area (Å²) in [5, 5.41) is 0. The first-order valence-corrected chi connectivity index (χ1v) is 7.32. The predicted octanol–water partition coefficient (Wildman–Crippen LogP) is 2.00. The molecule has 1 heterocycles. The van der Waals surface area contributed by atoms with Crippen molar-refractivity contribution in [1.29, 1.82) is 0 Å². The Morgan fingerprint density at radius 2 is 2.20 bits per heavy atom. The van der Waals surface area contributed by atoms with E-state index in [9.17, 15) is 4.39 Å². The van der Waals surface area contributed by atoms with Crippen molar-refractivity contribution < 1.29 is 4.39 Å². The van der Waals surface area contributed by atoms with Gasteiger partial charge in [-0.3, -0.25) is 4.99 Å². The SMILES string of the molecule is CN(C)CCN1C(N)=NCC1(C)c1ccc(F)c(Br)c1. The Kier molecular flexibility index (Phi) is 4.34. The lowest BCUT2D eigenvalue weighted by atomic mass is 9.91. The first kappa shape index (κ1) is 15.3. The van der Waals surface area contributed by atoms with E-state index in [4.69, 9.17) is 5.73 Å². The van der Waals surface area contributed by atoms with E-state index >= 15 is 0 Å². The van der Waals surface area contributed by atoms with E-state index in [0.717, 1.165) is 18.7 Å². The average Bonchev–Trinajstić information content (AvgIpc) is 2.67. The molecule has 0 aromatic heterocycles. The number of hydrogen-bond acceptors (Lipinski definition) is 4. The summed E-state index contributed by atoms with van der Waals surface area (Å²) >= 11 is 3.24. The van der Waals surface area contributed by atoms with Crippen LogP contribution in [-0.4, -0.2) is 49.5 Å². The van der Waals surface area contributed by atoms with Gasteiger partial charge in [-0.15, -0.1) is 0 Å². The number of halogens is 2. The molecule has 0 radical (unpaired) electrons. The number of nitrogens with two attached hydrogens (primary N) is 1. The Morgan fingerprint density at radius 3 is 2.80 bits per heavy atom. The highest BCUT2D eigenvalue weighted by atomic mass is 79.9. The maximum absolute atomic E-state index is 13.4. The molecule has 0 bridgehead atoms. The van der Waals surface area contributed by atoms with Gasteiger partial charge in [0.15, 0.2) is 5.96 Å². The van der Waals surface area contributed by atoms with Gasteiger partial charge in [-0.1, -0.05) is 6.07 Å². The van der Waals surface area contributed by atoms with Crippen molar-refractivity contribution in [3.63, 3.8) is 0 Å². The number of benzene rings is 1. The third kappa shape index (κ3) is 2.81. The highest BCUT2D eigenvalue weighted by Crippen LogP contribution is 2.34. The van der Waals surface area contributed by atoms with Gasteiger partial charge in [-0.2, -0.15) is 0 Å². The molecule has 1 unspecified atom stereocenters. The zero-order valence-corrected chi connectivity index (χ0v) is 13.6. The van der Waals surface area contributed by atoms with Crippen molar-refractivity contribution in [3.05, 3.63) is 34.1 Å². The van der Waals surface area contributed by atoms with Crippen LogP contribution in [-0.2, 0) is 5.54 Å². The fraction of sp³-hybridized carbons (Fsp3) is 0.500. The standard InChI is InChI=1S/C14H20BrFN4/c1-14(10-4-5-12(16)11(15)8-10)9-18-13(17)20(14)7-6-19(2)3/h4-5,8H,6-7,9H2,1-3H3,(H2,17,18). The summed E-state index contributed by atoms with van der Waals surface area (Å²) in [4.78, 5) is 8.56. The van der Waals surface area contributed by atoms with Gasteiger partial charge in [0.2, 0.25) is 0 Å². The normalized spacial score (nSPS) is 22.5. The Labute approximate surface area is 127 Å². The van der Waals surface area contributed by atoms with E-state index in [1.807, 2.05) is 20.2 Å². The summed E-state index contributed by atoms with van der Waals surface area (Å²) in [5.41, 5.74) is 6.70. The molecule has 2 rings (SSSR count).